The Kier molecular flexibility index (Phi) is 3.62. The minimum atomic E-state index is 0.245. The van der Waals surface area contributed by atoms with Crippen LogP contribution < -0.4 is 5.32 Å². The number of amides is 1. The lowest BCUT2D eigenvalue weighted by Gasteiger charge is -2.31. The predicted octanol–water partition coefficient (Wildman–Crippen LogP) is 1.03. The molecule has 0 radical (unpaired) electrons. The second-order valence-corrected chi connectivity index (χ2v) is 4.33. The molecular formula is C12H18N2O2. The Morgan fingerprint density at radius 1 is 1.69 bits per heavy atom. The summed E-state index contributed by atoms with van der Waals surface area (Å²) in [4.78, 5) is 13.9. The zero-order valence-electron chi connectivity index (χ0n) is 9.61. The van der Waals surface area contributed by atoms with Gasteiger partial charge in [-0.2, -0.15) is 0 Å². The van der Waals surface area contributed by atoms with Crippen LogP contribution in [0.2, 0.25) is 0 Å². The summed E-state index contributed by atoms with van der Waals surface area (Å²) >= 11 is 0. The maximum Gasteiger partial charge on any atom is 0.223 e. The molecule has 0 aliphatic carbocycles. The molecule has 1 aromatic heterocycles. The Morgan fingerprint density at radius 2 is 2.56 bits per heavy atom. The lowest BCUT2D eigenvalue weighted by atomic mass is 10.1. The molecule has 2 rings (SSSR count). The molecule has 1 aliphatic heterocycles. The highest BCUT2D eigenvalue weighted by Gasteiger charge is 2.19. The lowest BCUT2D eigenvalue weighted by Crippen LogP contribution is -2.51. The number of aryl methyl sites for hydroxylation is 1. The topological polar surface area (TPSA) is 45.5 Å². The highest BCUT2D eigenvalue weighted by molar-refractivity contribution is 5.76. The van der Waals surface area contributed by atoms with Crippen LogP contribution in [0.25, 0.3) is 0 Å². The van der Waals surface area contributed by atoms with Crippen LogP contribution in [0.3, 0.4) is 0 Å². The Balaban J connectivity index is 1.79. The van der Waals surface area contributed by atoms with Crippen molar-refractivity contribution in [1.82, 2.24) is 10.2 Å². The van der Waals surface area contributed by atoms with Gasteiger partial charge >= 0.3 is 0 Å². The molecule has 0 saturated carbocycles. The normalized spacial score (nSPS) is 21.1. The van der Waals surface area contributed by atoms with Crippen molar-refractivity contribution >= 4 is 5.91 Å². The summed E-state index contributed by atoms with van der Waals surface area (Å²) in [5.41, 5.74) is 1.09. The van der Waals surface area contributed by atoms with Gasteiger partial charge in [-0.15, -0.1) is 0 Å². The van der Waals surface area contributed by atoms with Crippen LogP contribution in [0.5, 0.6) is 0 Å². The van der Waals surface area contributed by atoms with Crippen molar-refractivity contribution in [2.24, 2.45) is 0 Å². The fourth-order valence-electron chi connectivity index (χ4n) is 2.00. The second-order valence-electron chi connectivity index (χ2n) is 4.33. The maximum atomic E-state index is 11.9. The number of rotatable bonds is 3. The largest absolute Gasteiger partial charge is 0.472 e. The van der Waals surface area contributed by atoms with Crippen molar-refractivity contribution in [1.29, 1.82) is 0 Å². The van der Waals surface area contributed by atoms with Crippen LogP contribution >= 0.6 is 0 Å². The molecule has 0 bridgehead atoms. The first kappa shape index (κ1) is 11.2. The van der Waals surface area contributed by atoms with E-state index in [-0.39, 0.29) is 5.91 Å². The van der Waals surface area contributed by atoms with Crippen LogP contribution in [0.4, 0.5) is 0 Å². The minimum absolute atomic E-state index is 0.245. The summed E-state index contributed by atoms with van der Waals surface area (Å²) in [7, 11) is 0. The van der Waals surface area contributed by atoms with E-state index >= 15 is 0 Å². The van der Waals surface area contributed by atoms with E-state index in [0.29, 0.717) is 12.5 Å². The van der Waals surface area contributed by atoms with E-state index in [1.807, 2.05) is 11.0 Å². The van der Waals surface area contributed by atoms with Gasteiger partial charge in [0.05, 0.1) is 12.5 Å². The molecule has 2 heterocycles. The van der Waals surface area contributed by atoms with Crippen LogP contribution in [0.1, 0.15) is 18.9 Å². The second kappa shape index (κ2) is 5.16. The van der Waals surface area contributed by atoms with Crippen LogP contribution in [0, 0.1) is 0 Å². The Hall–Kier alpha value is -1.29. The number of piperazine rings is 1. The highest BCUT2D eigenvalue weighted by Crippen LogP contribution is 2.07. The van der Waals surface area contributed by atoms with E-state index in [9.17, 15) is 4.79 Å². The Labute approximate surface area is 95.6 Å². The summed E-state index contributed by atoms with van der Waals surface area (Å²) in [6.45, 7) is 4.66. The number of furan rings is 1. The molecule has 1 atom stereocenters. The van der Waals surface area contributed by atoms with E-state index in [0.717, 1.165) is 31.6 Å². The summed E-state index contributed by atoms with van der Waals surface area (Å²) in [5, 5.41) is 3.33. The summed E-state index contributed by atoms with van der Waals surface area (Å²) in [5.74, 6) is 0.245. The molecule has 1 N–H and O–H groups in total. The van der Waals surface area contributed by atoms with E-state index in [1.54, 1.807) is 12.5 Å². The molecule has 4 nitrogen and oxygen atoms in total. The predicted molar refractivity (Wildman–Crippen MR) is 61.1 cm³/mol. The van der Waals surface area contributed by atoms with Crippen molar-refractivity contribution in [3.63, 3.8) is 0 Å². The summed E-state index contributed by atoms with van der Waals surface area (Å²) in [6.07, 6.45) is 4.69. The monoisotopic (exact) mass is 222 g/mol. The summed E-state index contributed by atoms with van der Waals surface area (Å²) in [6, 6.07) is 2.32. The molecule has 0 spiro atoms. The molecule has 0 unspecified atom stereocenters. The number of carbonyl (C=O) groups is 1. The minimum Gasteiger partial charge on any atom is -0.472 e. The Bertz CT molecular complexity index is 335. The number of nitrogens with one attached hydrogen (secondary N) is 1. The van der Waals surface area contributed by atoms with Gasteiger partial charge in [-0.3, -0.25) is 4.79 Å². The van der Waals surface area contributed by atoms with Crippen LogP contribution in [-0.4, -0.2) is 36.5 Å². The molecule has 1 amide bonds. The first-order valence-electron chi connectivity index (χ1n) is 5.78. The van der Waals surface area contributed by atoms with Gasteiger partial charge in [0.2, 0.25) is 5.91 Å². The zero-order valence-corrected chi connectivity index (χ0v) is 9.61. The molecule has 88 valence electrons. The fraction of sp³-hybridized carbons (Fsp3) is 0.583. The SMILES string of the molecule is C[C@@H]1CN(C(=O)CCc2ccoc2)CCN1. The standard InChI is InChI=1S/C12H18N2O2/c1-10-8-14(6-5-13-10)12(15)3-2-11-4-7-16-9-11/h4,7,9-10,13H,2-3,5-6,8H2,1H3/t10-/m1/s1. The smallest absolute Gasteiger partial charge is 0.223 e. The molecule has 1 fully saturated rings. The molecule has 4 heteroatoms. The molecule has 16 heavy (non-hydrogen) atoms. The molecule has 1 saturated heterocycles. The van der Waals surface area contributed by atoms with Gasteiger partial charge in [-0.25, -0.2) is 0 Å². The van der Waals surface area contributed by atoms with Crippen molar-refractivity contribution < 1.29 is 9.21 Å². The highest BCUT2D eigenvalue weighted by atomic mass is 16.3. The molecule has 1 aromatic rings. The van der Waals surface area contributed by atoms with Crippen molar-refractivity contribution in [2.75, 3.05) is 19.6 Å². The number of hydrogen-bond donors (Lipinski definition) is 1. The van der Waals surface area contributed by atoms with Gasteiger partial charge in [0, 0.05) is 32.1 Å². The van der Waals surface area contributed by atoms with Crippen molar-refractivity contribution in [3.8, 4) is 0 Å². The maximum absolute atomic E-state index is 11.9. The van der Waals surface area contributed by atoms with Crippen molar-refractivity contribution in [2.45, 2.75) is 25.8 Å². The van der Waals surface area contributed by atoms with Gasteiger partial charge in [-0.05, 0) is 25.0 Å². The Morgan fingerprint density at radius 3 is 3.25 bits per heavy atom. The fourth-order valence-corrected chi connectivity index (χ4v) is 2.00. The van der Waals surface area contributed by atoms with Gasteiger partial charge in [0.25, 0.3) is 0 Å². The van der Waals surface area contributed by atoms with Crippen LogP contribution in [0.15, 0.2) is 23.0 Å². The zero-order chi connectivity index (χ0) is 11.4. The van der Waals surface area contributed by atoms with Crippen LogP contribution in [-0.2, 0) is 11.2 Å². The summed E-state index contributed by atoms with van der Waals surface area (Å²) < 4.78 is 4.97. The van der Waals surface area contributed by atoms with Gasteiger partial charge in [-0.1, -0.05) is 0 Å². The number of carbonyl (C=O) groups excluding carboxylic acids is 1. The number of hydrogen-bond acceptors (Lipinski definition) is 3. The van der Waals surface area contributed by atoms with E-state index in [2.05, 4.69) is 12.2 Å². The van der Waals surface area contributed by atoms with E-state index in [4.69, 9.17) is 4.42 Å². The van der Waals surface area contributed by atoms with Crippen molar-refractivity contribution in [3.05, 3.63) is 24.2 Å². The number of nitrogens with zero attached hydrogens (tertiary/aromatic N) is 1. The lowest BCUT2D eigenvalue weighted by molar-refractivity contribution is -0.132. The van der Waals surface area contributed by atoms with Gasteiger partial charge in [0.15, 0.2) is 0 Å². The third kappa shape index (κ3) is 2.85. The third-order valence-corrected chi connectivity index (χ3v) is 2.93. The molecule has 1 aliphatic rings. The van der Waals surface area contributed by atoms with Gasteiger partial charge < -0.3 is 14.6 Å². The van der Waals surface area contributed by atoms with E-state index < -0.39 is 0 Å². The molecular weight excluding hydrogens is 204 g/mol. The average Bonchev–Trinajstić information content (AvgIpc) is 2.78. The third-order valence-electron chi connectivity index (χ3n) is 2.93. The van der Waals surface area contributed by atoms with E-state index in [1.165, 1.54) is 0 Å². The first-order chi connectivity index (χ1) is 7.75. The molecule has 0 aromatic carbocycles. The quantitative estimate of drug-likeness (QED) is 0.831. The average molecular weight is 222 g/mol. The van der Waals surface area contributed by atoms with Gasteiger partial charge in [0.1, 0.15) is 0 Å². The first-order valence-corrected chi connectivity index (χ1v) is 5.78.